The molecule has 0 unspecified atom stereocenters. The van der Waals surface area contributed by atoms with Crippen LogP contribution in [0.5, 0.6) is 0 Å². The molecule has 0 bridgehead atoms. The third-order valence-electron chi connectivity index (χ3n) is 6.60. The van der Waals surface area contributed by atoms with Crippen molar-refractivity contribution in [2.75, 3.05) is 0 Å². The van der Waals surface area contributed by atoms with Gasteiger partial charge < -0.3 is 4.42 Å². The molecular weight excluding hydrogens is 454 g/mol. The number of hydrogen-bond donors (Lipinski definition) is 0. The van der Waals surface area contributed by atoms with E-state index in [-0.39, 0.29) is 0 Å². The number of aromatic nitrogens is 3. The van der Waals surface area contributed by atoms with Gasteiger partial charge in [-0.15, -0.1) is 0 Å². The van der Waals surface area contributed by atoms with Crippen molar-refractivity contribution >= 4 is 21.9 Å². The third kappa shape index (κ3) is 3.95. The van der Waals surface area contributed by atoms with E-state index >= 15 is 0 Å². The lowest BCUT2D eigenvalue weighted by Crippen LogP contribution is -1.94. The van der Waals surface area contributed by atoms with Gasteiger partial charge in [0.15, 0.2) is 0 Å². The number of fused-ring (bicyclic) bond motifs is 3. The molecule has 3 aromatic carbocycles. The van der Waals surface area contributed by atoms with Crippen molar-refractivity contribution in [2.45, 2.75) is 0 Å². The second-order valence-corrected chi connectivity index (χ2v) is 8.95. The molecule has 174 valence electrons. The van der Waals surface area contributed by atoms with Gasteiger partial charge in [0.2, 0.25) is 0 Å². The maximum Gasteiger partial charge on any atom is 0.135 e. The smallest absolute Gasteiger partial charge is 0.135 e. The Morgan fingerprint density at radius 3 is 1.95 bits per heavy atom. The van der Waals surface area contributed by atoms with E-state index in [2.05, 4.69) is 53.5 Å². The maximum absolute atomic E-state index is 5.99. The molecule has 0 atom stereocenters. The molecule has 37 heavy (non-hydrogen) atoms. The fourth-order valence-electron chi connectivity index (χ4n) is 4.73. The fraction of sp³-hybridized carbons (Fsp3) is 0. The lowest BCUT2D eigenvalue weighted by atomic mass is 10.0. The minimum absolute atomic E-state index is 0.810. The molecule has 4 aromatic heterocycles. The molecule has 0 aliphatic rings. The Bertz CT molecular complexity index is 1800. The second-order valence-electron chi connectivity index (χ2n) is 8.95. The molecule has 4 heteroatoms. The summed E-state index contributed by atoms with van der Waals surface area (Å²) in [4.78, 5) is 14.3. The zero-order valence-electron chi connectivity index (χ0n) is 19.9. The largest absolute Gasteiger partial charge is 0.456 e. The van der Waals surface area contributed by atoms with Crippen LogP contribution in [0.1, 0.15) is 0 Å². The monoisotopic (exact) mass is 475 g/mol. The molecule has 0 spiro atoms. The number of nitrogens with zero attached hydrogens (tertiary/aromatic N) is 3. The number of pyridine rings is 3. The standard InChI is InChI=1S/C33H21N3O/c1-2-8-22(9-3-1)25-19-30(28-11-6-7-17-34-28)36-31(20-25)29-15-13-24(21-35-29)23-14-16-33-27(18-23)26-10-4-5-12-32(26)37-33/h1-21H. The van der Waals surface area contributed by atoms with Crippen LogP contribution in [0.2, 0.25) is 0 Å². The zero-order valence-corrected chi connectivity index (χ0v) is 19.9. The van der Waals surface area contributed by atoms with Crippen molar-refractivity contribution in [1.29, 1.82) is 0 Å². The van der Waals surface area contributed by atoms with E-state index in [4.69, 9.17) is 14.4 Å². The van der Waals surface area contributed by atoms with Crippen LogP contribution < -0.4 is 0 Å². The zero-order chi connectivity index (χ0) is 24.6. The lowest BCUT2D eigenvalue weighted by molar-refractivity contribution is 0.669. The molecule has 7 rings (SSSR count). The molecular formula is C33H21N3O. The second kappa shape index (κ2) is 8.85. The van der Waals surface area contributed by atoms with E-state index in [1.54, 1.807) is 6.20 Å². The Labute approximate surface area is 213 Å². The van der Waals surface area contributed by atoms with Crippen LogP contribution in [0.3, 0.4) is 0 Å². The van der Waals surface area contributed by atoms with E-state index in [0.717, 1.165) is 67.0 Å². The Balaban J connectivity index is 1.30. The number of furan rings is 1. The van der Waals surface area contributed by atoms with Gasteiger partial charge in [0.1, 0.15) is 11.2 Å². The van der Waals surface area contributed by atoms with Crippen LogP contribution in [-0.2, 0) is 0 Å². The van der Waals surface area contributed by atoms with Crippen LogP contribution >= 0.6 is 0 Å². The predicted molar refractivity (Wildman–Crippen MR) is 149 cm³/mol. The first-order chi connectivity index (χ1) is 18.3. The van der Waals surface area contributed by atoms with E-state index in [0.29, 0.717) is 0 Å². The topological polar surface area (TPSA) is 51.8 Å². The highest BCUT2D eigenvalue weighted by atomic mass is 16.3. The molecule has 7 aromatic rings. The molecule has 0 saturated carbocycles. The lowest BCUT2D eigenvalue weighted by Gasteiger charge is -2.10. The Morgan fingerprint density at radius 1 is 0.432 bits per heavy atom. The minimum Gasteiger partial charge on any atom is -0.456 e. The Hall–Kier alpha value is -5.09. The summed E-state index contributed by atoms with van der Waals surface area (Å²) in [6.07, 6.45) is 3.70. The van der Waals surface area contributed by atoms with Gasteiger partial charge in [-0.1, -0.05) is 66.7 Å². The molecule has 4 nitrogen and oxygen atoms in total. The van der Waals surface area contributed by atoms with E-state index in [9.17, 15) is 0 Å². The molecule has 0 radical (unpaired) electrons. The summed E-state index contributed by atoms with van der Waals surface area (Å²) in [5.41, 5.74) is 9.40. The summed E-state index contributed by atoms with van der Waals surface area (Å²) in [6, 6.07) is 38.9. The SMILES string of the molecule is c1ccc(-c2cc(-c3ccccn3)nc(-c3ccc(-c4ccc5oc6ccccc6c5c4)cn3)c2)cc1. The van der Waals surface area contributed by atoms with Gasteiger partial charge in [0, 0.05) is 28.7 Å². The molecule has 0 aliphatic heterocycles. The number of rotatable bonds is 4. The minimum atomic E-state index is 0.810. The Kier molecular flexibility index (Phi) is 5.07. The highest BCUT2D eigenvalue weighted by Crippen LogP contribution is 2.33. The number of hydrogen-bond acceptors (Lipinski definition) is 4. The van der Waals surface area contributed by atoms with Crippen molar-refractivity contribution in [3.63, 3.8) is 0 Å². The highest BCUT2D eigenvalue weighted by molar-refractivity contribution is 6.06. The van der Waals surface area contributed by atoms with Crippen LogP contribution in [0.25, 0.3) is 67.0 Å². The van der Waals surface area contributed by atoms with Crippen molar-refractivity contribution in [2.24, 2.45) is 0 Å². The molecule has 0 saturated heterocycles. The van der Waals surface area contributed by atoms with E-state index in [1.807, 2.05) is 72.9 Å². The first kappa shape index (κ1) is 21.2. The van der Waals surface area contributed by atoms with Gasteiger partial charge in [-0.25, -0.2) is 4.98 Å². The van der Waals surface area contributed by atoms with Crippen LogP contribution in [0.4, 0.5) is 0 Å². The molecule has 0 aliphatic carbocycles. The first-order valence-electron chi connectivity index (χ1n) is 12.2. The summed E-state index contributed by atoms with van der Waals surface area (Å²) >= 11 is 0. The van der Waals surface area contributed by atoms with E-state index < -0.39 is 0 Å². The van der Waals surface area contributed by atoms with Crippen molar-refractivity contribution in [3.8, 4) is 45.0 Å². The van der Waals surface area contributed by atoms with Crippen molar-refractivity contribution < 1.29 is 4.42 Å². The maximum atomic E-state index is 5.99. The summed E-state index contributed by atoms with van der Waals surface area (Å²) in [7, 11) is 0. The van der Waals surface area contributed by atoms with Gasteiger partial charge in [0.05, 0.1) is 22.8 Å². The van der Waals surface area contributed by atoms with Gasteiger partial charge in [-0.2, -0.15) is 0 Å². The predicted octanol–water partition coefficient (Wildman–Crippen LogP) is 8.44. The van der Waals surface area contributed by atoms with E-state index in [1.165, 1.54) is 0 Å². The summed E-state index contributed by atoms with van der Waals surface area (Å²) in [6.45, 7) is 0. The van der Waals surface area contributed by atoms with Gasteiger partial charge >= 0.3 is 0 Å². The molecule has 0 amide bonds. The quantitative estimate of drug-likeness (QED) is 0.256. The number of benzene rings is 3. The first-order valence-corrected chi connectivity index (χ1v) is 12.2. The fourth-order valence-corrected chi connectivity index (χ4v) is 4.73. The normalized spacial score (nSPS) is 11.2. The molecule has 0 N–H and O–H groups in total. The highest BCUT2D eigenvalue weighted by Gasteiger charge is 2.12. The van der Waals surface area contributed by atoms with Gasteiger partial charge in [-0.05, 0) is 65.2 Å². The summed E-state index contributed by atoms with van der Waals surface area (Å²) in [5, 5.41) is 2.22. The van der Waals surface area contributed by atoms with Gasteiger partial charge in [0.25, 0.3) is 0 Å². The average Bonchev–Trinajstić information content (AvgIpc) is 3.36. The molecule has 0 fully saturated rings. The van der Waals surface area contributed by atoms with Gasteiger partial charge in [-0.3, -0.25) is 9.97 Å². The van der Waals surface area contributed by atoms with Crippen molar-refractivity contribution in [1.82, 2.24) is 15.0 Å². The summed E-state index contributed by atoms with van der Waals surface area (Å²) < 4.78 is 5.99. The number of para-hydroxylation sites is 1. The van der Waals surface area contributed by atoms with Crippen LogP contribution in [0, 0.1) is 0 Å². The summed E-state index contributed by atoms with van der Waals surface area (Å²) in [5.74, 6) is 0. The molecule has 4 heterocycles. The average molecular weight is 476 g/mol. The third-order valence-corrected chi connectivity index (χ3v) is 6.60. The van der Waals surface area contributed by atoms with Crippen molar-refractivity contribution in [3.05, 3.63) is 128 Å². The Morgan fingerprint density at radius 2 is 1.16 bits per heavy atom. The van der Waals surface area contributed by atoms with Crippen LogP contribution in [-0.4, -0.2) is 15.0 Å². The van der Waals surface area contributed by atoms with Crippen LogP contribution in [0.15, 0.2) is 132 Å².